The molecule has 0 radical (unpaired) electrons. The Hall–Kier alpha value is -4.35. The van der Waals surface area contributed by atoms with Crippen LogP contribution in [0.2, 0.25) is 0 Å². The third-order valence-electron chi connectivity index (χ3n) is 6.96. The highest BCUT2D eigenvalue weighted by molar-refractivity contribution is 5.75. The van der Waals surface area contributed by atoms with E-state index >= 15 is 0 Å². The summed E-state index contributed by atoms with van der Waals surface area (Å²) in [4.78, 5) is 27.2. The van der Waals surface area contributed by atoms with Crippen LogP contribution in [0, 0.1) is 5.41 Å². The van der Waals surface area contributed by atoms with Crippen LogP contribution in [0.3, 0.4) is 0 Å². The second-order valence-corrected chi connectivity index (χ2v) is 11.5. The van der Waals surface area contributed by atoms with Crippen molar-refractivity contribution in [2.45, 2.75) is 52.8 Å². The van der Waals surface area contributed by atoms with Crippen LogP contribution in [0.15, 0.2) is 55.1 Å². The van der Waals surface area contributed by atoms with Crippen molar-refractivity contribution in [2.75, 3.05) is 38.2 Å². The summed E-state index contributed by atoms with van der Waals surface area (Å²) in [5.74, 6) is 1.16. The SMILES string of the molecule is C=C1NCC(C)(C)CN(C(=O)CC)CCCOc2ccc(cc2)CNc2nc(nc(OCC(F)(F)F)n2)Cc2ccc1cc2. The van der Waals surface area contributed by atoms with E-state index in [1.807, 2.05) is 60.4 Å². The summed E-state index contributed by atoms with van der Waals surface area (Å²) in [5.41, 5.74) is 3.13. The molecule has 0 unspecified atom stereocenters. The highest BCUT2D eigenvalue weighted by Gasteiger charge is 2.29. The Morgan fingerprint density at radius 3 is 2.43 bits per heavy atom. The summed E-state index contributed by atoms with van der Waals surface area (Å²) in [7, 11) is 0. The first-order valence-corrected chi connectivity index (χ1v) is 14.6. The van der Waals surface area contributed by atoms with E-state index in [0.717, 1.165) is 22.4 Å². The van der Waals surface area contributed by atoms with Gasteiger partial charge in [0.05, 0.1) is 6.61 Å². The van der Waals surface area contributed by atoms with Gasteiger partial charge in [-0.15, -0.1) is 0 Å². The number of nitrogens with zero attached hydrogens (tertiary/aromatic N) is 4. The molecule has 0 spiro atoms. The highest BCUT2D eigenvalue weighted by Crippen LogP contribution is 2.22. The molecule has 44 heavy (non-hydrogen) atoms. The first kappa shape index (κ1) is 32.6. The van der Waals surface area contributed by atoms with Gasteiger partial charge < -0.3 is 25.0 Å². The van der Waals surface area contributed by atoms with Gasteiger partial charge in [-0.05, 0) is 40.7 Å². The lowest BCUT2D eigenvalue weighted by molar-refractivity contribution is -0.154. The van der Waals surface area contributed by atoms with Gasteiger partial charge >= 0.3 is 12.2 Å². The maximum Gasteiger partial charge on any atom is 0.422 e. The molecular formula is C32H39F3N6O3. The topological polar surface area (TPSA) is 102 Å². The molecule has 4 aliphatic rings. The van der Waals surface area contributed by atoms with E-state index in [4.69, 9.17) is 9.47 Å². The van der Waals surface area contributed by atoms with Crippen LogP contribution in [0.4, 0.5) is 19.1 Å². The monoisotopic (exact) mass is 612 g/mol. The Morgan fingerprint density at radius 1 is 1.05 bits per heavy atom. The van der Waals surface area contributed by atoms with Gasteiger partial charge in [0.25, 0.3) is 0 Å². The molecule has 9 nitrogen and oxygen atoms in total. The maximum absolute atomic E-state index is 12.8. The predicted octanol–water partition coefficient (Wildman–Crippen LogP) is 5.62. The van der Waals surface area contributed by atoms with Crippen molar-refractivity contribution in [3.63, 3.8) is 0 Å². The van der Waals surface area contributed by atoms with Crippen LogP contribution in [0.1, 0.15) is 56.1 Å². The molecule has 0 atom stereocenters. The van der Waals surface area contributed by atoms with Gasteiger partial charge in [-0.2, -0.15) is 28.1 Å². The molecule has 1 amide bonds. The molecule has 0 aliphatic carbocycles. The Kier molecular flexibility index (Phi) is 10.7. The number of rotatable bonds is 3. The molecule has 1 aromatic heterocycles. The number of amides is 1. The van der Waals surface area contributed by atoms with Crippen LogP contribution >= 0.6 is 0 Å². The molecule has 6 bridgehead atoms. The normalized spacial score (nSPS) is 16.3. The Bertz CT molecular complexity index is 1410. The number of alkyl halides is 3. The van der Waals surface area contributed by atoms with Crippen molar-refractivity contribution in [1.29, 1.82) is 0 Å². The minimum absolute atomic E-state index is 0.102. The Labute approximate surface area is 255 Å². The molecule has 3 aromatic rings. The van der Waals surface area contributed by atoms with Crippen molar-refractivity contribution in [1.82, 2.24) is 25.2 Å². The minimum Gasteiger partial charge on any atom is -0.494 e. The summed E-state index contributed by atoms with van der Waals surface area (Å²) in [6, 6.07) is 14.6. The Morgan fingerprint density at radius 2 is 1.75 bits per heavy atom. The number of aromatic nitrogens is 3. The summed E-state index contributed by atoms with van der Waals surface area (Å²) >= 11 is 0. The minimum atomic E-state index is -4.53. The zero-order valence-electron chi connectivity index (χ0n) is 25.3. The summed E-state index contributed by atoms with van der Waals surface area (Å²) < 4.78 is 49.3. The number of carbonyl (C=O) groups is 1. The maximum atomic E-state index is 12.8. The van der Waals surface area contributed by atoms with Crippen molar-refractivity contribution < 1.29 is 27.4 Å². The van der Waals surface area contributed by atoms with E-state index < -0.39 is 18.8 Å². The average molecular weight is 613 g/mol. The first-order valence-electron chi connectivity index (χ1n) is 14.6. The molecule has 0 saturated heterocycles. The summed E-state index contributed by atoms with van der Waals surface area (Å²) in [6.07, 6.45) is -3.17. The second kappa shape index (κ2) is 14.4. The van der Waals surface area contributed by atoms with Crippen molar-refractivity contribution in [2.24, 2.45) is 5.41 Å². The zero-order valence-corrected chi connectivity index (χ0v) is 25.3. The number of hydrogen-bond donors (Lipinski definition) is 2. The number of anilines is 1. The quantitative estimate of drug-likeness (QED) is 0.393. The molecule has 4 aliphatic heterocycles. The number of halogens is 3. The first-order chi connectivity index (χ1) is 20.9. The van der Waals surface area contributed by atoms with Crippen molar-refractivity contribution >= 4 is 17.6 Å². The molecule has 236 valence electrons. The lowest BCUT2D eigenvalue weighted by Crippen LogP contribution is -2.43. The van der Waals surface area contributed by atoms with Gasteiger partial charge in [-0.3, -0.25) is 4.79 Å². The fourth-order valence-electron chi connectivity index (χ4n) is 4.64. The third-order valence-corrected chi connectivity index (χ3v) is 6.96. The average Bonchev–Trinajstić information content (AvgIpc) is 2.99. The third kappa shape index (κ3) is 10.1. The highest BCUT2D eigenvalue weighted by atomic mass is 19.4. The molecule has 2 N–H and O–H groups in total. The van der Waals surface area contributed by atoms with Gasteiger partial charge in [0.1, 0.15) is 11.6 Å². The number of carbonyl (C=O) groups excluding carboxylic acids is 1. The predicted molar refractivity (Wildman–Crippen MR) is 162 cm³/mol. The van der Waals surface area contributed by atoms with Crippen LogP contribution in [-0.2, 0) is 17.8 Å². The van der Waals surface area contributed by atoms with E-state index in [1.54, 1.807) is 0 Å². The largest absolute Gasteiger partial charge is 0.494 e. The number of ether oxygens (including phenoxy) is 2. The van der Waals surface area contributed by atoms with Crippen LogP contribution in [-0.4, -0.2) is 64.8 Å². The second-order valence-electron chi connectivity index (χ2n) is 11.5. The molecule has 5 heterocycles. The fraction of sp³-hybridized carbons (Fsp3) is 0.438. The van der Waals surface area contributed by atoms with E-state index in [1.165, 1.54) is 0 Å². The molecular weight excluding hydrogens is 573 g/mol. The van der Waals surface area contributed by atoms with Crippen LogP contribution in [0.25, 0.3) is 5.70 Å². The van der Waals surface area contributed by atoms with E-state index in [-0.39, 0.29) is 29.5 Å². The van der Waals surface area contributed by atoms with Gasteiger partial charge in [0.2, 0.25) is 11.9 Å². The van der Waals surface area contributed by atoms with E-state index in [2.05, 4.69) is 46.0 Å². The summed E-state index contributed by atoms with van der Waals surface area (Å²) in [6.45, 7) is 11.3. The molecule has 12 heteroatoms. The van der Waals surface area contributed by atoms with E-state index in [9.17, 15) is 18.0 Å². The Balaban J connectivity index is 1.58. The number of benzene rings is 2. The summed E-state index contributed by atoms with van der Waals surface area (Å²) in [5, 5.41) is 6.46. The standard InChI is InChI=1S/C32H39F3N6O3/c1-5-28(42)41-15-6-16-43-26-13-9-24(10-14-26)18-36-29-38-27(39-30(40-29)44-21-32(33,34)35)17-23-7-11-25(12-8-23)22(2)37-19-31(3,4)20-41/h7-14,37H,2,5-6,15-21H2,1,3-4H3,(H,36,38,39,40). The zero-order chi connectivity index (χ0) is 31.7. The molecule has 0 saturated carbocycles. The van der Waals surface area contributed by atoms with Crippen molar-refractivity contribution in [3.8, 4) is 11.8 Å². The lowest BCUT2D eigenvalue weighted by atomic mass is 9.92. The number of nitrogens with one attached hydrogen (secondary N) is 2. The molecule has 7 rings (SSSR count). The van der Waals surface area contributed by atoms with Crippen LogP contribution < -0.4 is 20.1 Å². The van der Waals surface area contributed by atoms with Gasteiger partial charge in [-0.25, -0.2) is 0 Å². The smallest absolute Gasteiger partial charge is 0.422 e. The van der Waals surface area contributed by atoms with Gasteiger partial charge in [0.15, 0.2) is 6.61 Å². The van der Waals surface area contributed by atoms with Gasteiger partial charge in [0, 0.05) is 44.7 Å². The lowest BCUT2D eigenvalue weighted by Gasteiger charge is -2.33. The molecule has 2 aromatic carbocycles. The van der Waals surface area contributed by atoms with Crippen molar-refractivity contribution in [3.05, 3.63) is 77.6 Å². The number of hydrogen-bond acceptors (Lipinski definition) is 8. The van der Waals surface area contributed by atoms with Gasteiger partial charge in [-0.1, -0.05) is 63.7 Å². The van der Waals surface area contributed by atoms with Crippen LogP contribution in [0.5, 0.6) is 11.8 Å². The van der Waals surface area contributed by atoms with E-state index in [0.29, 0.717) is 51.4 Å². The molecule has 0 fully saturated rings. The fourth-order valence-corrected chi connectivity index (χ4v) is 4.64.